The van der Waals surface area contributed by atoms with Crippen molar-refractivity contribution in [1.82, 2.24) is 15.5 Å². The molecular formula is C13H16BrN3O. The van der Waals surface area contributed by atoms with E-state index >= 15 is 0 Å². The quantitative estimate of drug-likeness (QED) is 0.810. The van der Waals surface area contributed by atoms with Crippen molar-refractivity contribution in [3.05, 3.63) is 34.3 Å². The van der Waals surface area contributed by atoms with Crippen LogP contribution in [0.5, 0.6) is 0 Å². The topological polar surface area (TPSA) is 44.4 Å². The number of halogens is 1. The van der Waals surface area contributed by atoms with Crippen LogP contribution in [0.25, 0.3) is 0 Å². The Bertz CT molecular complexity index is 448. The molecule has 4 nitrogen and oxygen atoms in total. The fourth-order valence-electron chi connectivity index (χ4n) is 2.64. The highest BCUT2D eigenvalue weighted by Crippen LogP contribution is 2.22. The lowest BCUT2D eigenvalue weighted by molar-refractivity contribution is -0.126. The van der Waals surface area contributed by atoms with Gasteiger partial charge in [-0.25, -0.2) is 0 Å². The first-order valence-electron chi connectivity index (χ1n) is 6.22. The van der Waals surface area contributed by atoms with Gasteiger partial charge in [-0.3, -0.25) is 9.69 Å². The Labute approximate surface area is 115 Å². The van der Waals surface area contributed by atoms with Crippen LogP contribution in [-0.2, 0) is 4.79 Å². The molecule has 0 saturated carbocycles. The predicted molar refractivity (Wildman–Crippen MR) is 73.3 cm³/mol. The average molecular weight is 310 g/mol. The molecule has 18 heavy (non-hydrogen) atoms. The number of amides is 1. The molecule has 2 saturated heterocycles. The molecule has 2 N–H and O–H groups in total. The molecule has 2 aliphatic heterocycles. The van der Waals surface area contributed by atoms with Gasteiger partial charge in [-0.1, -0.05) is 28.1 Å². The van der Waals surface area contributed by atoms with Crippen molar-refractivity contribution >= 4 is 21.8 Å². The zero-order valence-corrected chi connectivity index (χ0v) is 11.6. The van der Waals surface area contributed by atoms with Crippen molar-refractivity contribution in [2.45, 2.75) is 12.1 Å². The van der Waals surface area contributed by atoms with Gasteiger partial charge in [0.25, 0.3) is 0 Å². The van der Waals surface area contributed by atoms with Crippen LogP contribution in [0.4, 0.5) is 0 Å². The van der Waals surface area contributed by atoms with Crippen molar-refractivity contribution in [2.75, 3.05) is 26.2 Å². The van der Waals surface area contributed by atoms with Gasteiger partial charge in [0.2, 0.25) is 5.91 Å². The van der Waals surface area contributed by atoms with Gasteiger partial charge in [0.15, 0.2) is 0 Å². The minimum absolute atomic E-state index is 0.141. The summed E-state index contributed by atoms with van der Waals surface area (Å²) < 4.78 is 1.09. The van der Waals surface area contributed by atoms with Crippen LogP contribution in [0.2, 0.25) is 0 Å². The van der Waals surface area contributed by atoms with Crippen molar-refractivity contribution in [3.63, 3.8) is 0 Å². The van der Waals surface area contributed by atoms with E-state index in [1.807, 2.05) is 0 Å². The molecule has 0 spiro atoms. The first kappa shape index (κ1) is 12.1. The number of benzene rings is 1. The lowest BCUT2D eigenvalue weighted by Crippen LogP contribution is -2.62. The summed E-state index contributed by atoms with van der Waals surface area (Å²) in [7, 11) is 0. The van der Waals surface area contributed by atoms with E-state index < -0.39 is 0 Å². The smallest absolute Gasteiger partial charge is 0.234 e. The molecule has 2 atom stereocenters. The molecule has 0 bridgehead atoms. The Morgan fingerprint density at radius 1 is 1.22 bits per heavy atom. The Balaban J connectivity index is 1.72. The molecule has 1 aromatic rings. The summed E-state index contributed by atoms with van der Waals surface area (Å²) >= 11 is 3.45. The van der Waals surface area contributed by atoms with Crippen LogP contribution in [-0.4, -0.2) is 43.0 Å². The van der Waals surface area contributed by atoms with Crippen molar-refractivity contribution in [3.8, 4) is 0 Å². The van der Waals surface area contributed by atoms with E-state index in [0.29, 0.717) is 18.6 Å². The highest BCUT2D eigenvalue weighted by molar-refractivity contribution is 9.10. The van der Waals surface area contributed by atoms with E-state index in [9.17, 15) is 4.79 Å². The van der Waals surface area contributed by atoms with Gasteiger partial charge < -0.3 is 10.6 Å². The summed E-state index contributed by atoms with van der Waals surface area (Å²) in [4.78, 5) is 13.7. The molecule has 0 aliphatic carbocycles. The van der Waals surface area contributed by atoms with Crippen LogP contribution >= 0.6 is 15.9 Å². The van der Waals surface area contributed by atoms with Gasteiger partial charge in [-0.05, 0) is 17.7 Å². The molecule has 0 aromatic heterocycles. The predicted octanol–water partition coefficient (Wildman–Crippen LogP) is 0.894. The van der Waals surface area contributed by atoms with E-state index in [0.717, 1.165) is 24.1 Å². The van der Waals surface area contributed by atoms with Gasteiger partial charge in [0, 0.05) is 36.2 Å². The second-order valence-electron chi connectivity index (χ2n) is 4.90. The monoisotopic (exact) mass is 309 g/mol. The summed E-state index contributed by atoms with van der Waals surface area (Å²) in [5.41, 5.74) is 1.28. The summed E-state index contributed by atoms with van der Waals surface area (Å²) in [6, 6.07) is 9.14. The normalized spacial score (nSPS) is 28.6. The largest absolute Gasteiger partial charge is 0.353 e. The first-order valence-corrected chi connectivity index (χ1v) is 7.01. The second-order valence-corrected chi connectivity index (χ2v) is 5.82. The highest BCUT2D eigenvalue weighted by atomic mass is 79.9. The molecule has 2 unspecified atom stereocenters. The van der Waals surface area contributed by atoms with Gasteiger partial charge in [0.05, 0.1) is 6.54 Å². The van der Waals surface area contributed by atoms with E-state index in [-0.39, 0.29) is 5.91 Å². The summed E-state index contributed by atoms with van der Waals surface area (Å²) in [6.45, 7) is 3.12. The Morgan fingerprint density at radius 2 is 2.00 bits per heavy atom. The number of carbonyl (C=O) groups excluding carboxylic acids is 1. The van der Waals surface area contributed by atoms with Gasteiger partial charge in [-0.15, -0.1) is 0 Å². The Kier molecular flexibility index (Phi) is 3.37. The van der Waals surface area contributed by atoms with Crippen LogP contribution in [0.15, 0.2) is 28.7 Å². The van der Waals surface area contributed by atoms with Gasteiger partial charge >= 0.3 is 0 Å². The molecule has 1 amide bonds. The summed E-state index contributed by atoms with van der Waals surface area (Å²) in [6.07, 6.45) is 0. The number of nitrogens with zero attached hydrogens (tertiary/aromatic N) is 1. The standard InChI is InChI=1S/C13H16BrN3O/c14-10-3-1-9(2-4-10)12-7-17-8-13(18)16-6-11(17)5-15-12/h1-4,11-12,15H,5-8H2,(H,16,18). The van der Waals surface area contributed by atoms with Crippen molar-refractivity contribution in [1.29, 1.82) is 0 Å². The molecule has 2 aliphatic rings. The molecule has 96 valence electrons. The van der Waals surface area contributed by atoms with E-state index in [1.54, 1.807) is 0 Å². The lowest BCUT2D eigenvalue weighted by Gasteiger charge is -2.42. The van der Waals surface area contributed by atoms with E-state index in [4.69, 9.17) is 0 Å². The number of nitrogens with one attached hydrogen (secondary N) is 2. The maximum absolute atomic E-state index is 11.4. The zero-order chi connectivity index (χ0) is 12.5. The highest BCUT2D eigenvalue weighted by Gasteiger charge is 2.32. The number of hydrogen-bond donors (Lipinski definition) is 2. The third-order valence-corrected chi connectivity index (χ3v) is 4.22. The average Bonchev–Trinajstić information content (AvgIpc) is 2.38. The molecule has 1 aromatic carbocycles. The van der Waals surface area contributed by atoms with Crippen molar-refractivity contribution in [2.24, 2.45) is 0 Å². The first-order chi connectivity index (χ1) is 8.72. The van der Waals surface area contributed by atoms with E-state index in [2.05, 4.69) is 55.7 Å². The van der Waals surface area contributed by atoms with Crippen LogP contribution in [0, 0.1) is 0 Å². The third-order valence-electron chi connectivity index (χ3n) is 3.69. The summed E-state index contributed by atoms with van der Waals surface area (Å²) in [5.74, 6) is 0.141. The maximum Gasteiger partial charge on any atom is 0.234 e. The SMILES string of the molecule is O=C1CN2CC(c3ccc(Br)cc3)NCC2CN1. The Morgan fingerprint density at radius 3 is 2.78 bits per heavy atom. The molecule has 2 fully saturated rings. The fraction of sp³-hybridized carbons (Fsp3) is 0.462. The molecular weight excluding hydrogens is 294 g/mol. The fourth-order valence-corrected chi connectivity index (χ4v) is 2.91. The minimum atomic E-state index is 0.141. The number of hydrogen-bond acceptors (Lipinski definition) is 3. The van der Waals surface area contributed by atoms with Crippen LogP contribution < -0.4 is 10.6 Å². The maximum atomic E-state index is 11.4. The number of rotatable bonds is 1. The lowest BCUT2D eigenvalue weighted by atomic mass is 10.0. The molecule has 3 rings (SSSR count). The molecule has 5 heteroatoms. The zero-order valence-electron chi connectivity index (χ0n) is 10.0. The third kappa shape index (κ3) is 2.43. The van der Waals surface area contributed by atoms with Crippen molar-refractivity contribution < 1.29 is 4.79 Å². The van der Waals surface area contributed by atoms with Gasteiger partial charge in [-0.2, -0.15) is 0 Å². The Hall–Kier alpha value is -0.910. The van der Waals surface area contributed by atoms with E-state index in [1.165, 1.54) is 5.56 Å². The number of piperazine rings is 2. The number of carbonyl (C=O) groups is 1. The molecule has 2 heterocycles. The van der Waals surface area contributed by atoms with Crippen LogP contribution in [0.3, 0.4) is 0 Å². The van der Waals surface area contributed by atoms with Gasteiger partial charge in [0.1, 0.15) is 0 Å². The second kappa shape index (κ2) is 4.99. The molecule has 0 radical (unpaired) electrons. The summed E-state index contributed by atoms with van der Waals surface area (Å²) in [5, 5.41) is 6.48. The minimum Gasteiger partial charge on any atom is -0.353 e. The number of fused-ring (bicyclic) bond motifs is 1. The van der Waals surface area contributed by atoms with Crippen LogP contribution in [0.1, 0.15) is 11.6 Å².